The van der Waals surface area contributed by atoms with E-state index in [2.05, 4.69) is 39.9 Å². The van der Waals surface area contributed by atoms with Crippen LogP contribution in [0.3, 0.4) is 0 Å². The second kappa shape index (κ2) is 9.32. The molecule has 2 N–H and O–H groups in total. The Morgan fingerprint density at radius 3 is 2.19 bits per heavy atom. The molecule has 1 heterocycles. The van der Waals surface area contributed by atoms with E-state index in [4.69, 9.17) is 9.47 Å². The quantitative estimate of drug-likeness (QED) is 0.385. The van der Waals surface area contributed by atoms with Crippen LogP contribution < -0.4 is 20.1 Å². The molecule has 6 nitrogen and oxygen atoms in total. The van der Waals surface area contributed by atoms with E-state index >= 15 is 0 Å². The van der Waals surface area contributed by atoms with E-state index in [1.54, 1.807) is 32.4 Å². The molecule has 0 aliphatic rings. The van der Waals surface area contributed by atoms with Crippen molar-refractivity contribution in [1.29, 1.82) is 0 Å². The summed E-state index contributed by atoms with van der Waals surface area (Å²) >= 11 is 1.37. The van der Waals surface area contributed by atoms with Crippen LogP contribution in [0.15, 0.2) is 78.2 Å². The highest BCUT2D eigenvalue weighted by Gasteiger charge is 2.10. The van der Waals surface area contributed by atoms with Crippen molar-refractivity contribution in [3.63, 3.8) is 0 Å². The van der Waals surface area contributed by atoms with Gasteiger partial charge in [-0.2, -0.15) is 0 Å². The van der Waals surface area contributed by atoms with Gasteiger partial charge in [-0.25, -0.2) is 9.78 Å². The number of carbonyl (C=O) groups excluding carboxylic acids is 1. The lowest BCUT2D eigenvalue weighted by molar-refractivity contribution is 0.262. The first-order valence-corrected chi connectivity index (χ1v) is 10.5. The average molecular weight is 432 g/mol. The summed E-state index contributed by atoms with van der Waals surface area (Å²) < 4.78 is 10.5. The zero-order chi connectivity index (χ0) is 21.6. The van der Waals surface area contributed by atoms with Crippen molar-refractivity contribution >= 4 is 28.2 Å². The third-order valence-corrected chi connectivity index (χ3v) is 5.41. The number of amides is 2. The number of hydrogen-bond donors (Lipinski definition) is 2. The Bertz CT molecular complexity index is 1170. The number of urea groups is 1. The number of rotatable bonds is 6. The number of ether oxygens (including phenoxy) is 2. The molecule has 0 spiro atoms. The predicted molar refractivity (Wildman–Crippen MR) is 125 cm³/mol. The maximum absolute atomic E-state index is 12.4. The van der Waals surface area contributed by atoms with Gasteiger partial charge in [0.2, 0.25) is 0 Å². The monoisotopic (exact) mass is 431 g/mol. The minimum Gasteiger partial charge on any atom is -0.493 e. The first-order valence-electron chi connectivity index (χ1n) is 9.57. The second-order valence-electron chi connectivity index (χ2n) is 6.63. The summed E-state index contributed by atoms with van der Waals surface area (Å²) in [7, 11) is 3.11. The predicted octanol–water partition coefficient (Wildman–Crippen LogP) is 6.14. The molecule has 3 aromatic carbocycles. The number of aromatic nitrogens is 1. The van der Waals surface area contributed by atoms with Crippen molar-refractivity contribution in [2.45, 2.75) is 0 Å². The Morgan fingerprint density at radius 2 is 1.48 bits per heavy atom. The highest BCUT2D eigenvalue weighted by atomic mass is 32.1. The number of benzene rings is 3. The maximum Gasteiger partial charge on any atom is 0.325 e. The summed E-state index contributed by atoms with van der Waals surface area (Å²) in [6.07, 6.45) is 0. The van der Waals surface area contributed by atoms with Gasteiger partial charge in [-0.05, 0) is 23.3 Å². The molecular weight excluding hydrogens is 410 g/mol. The lowest BCUT2D eigenvalue weighted by Crippen LogP contribution is -2.19. The fourth-order valence-corrected chi connectivity index (χ4v) is 3.82. The van der Waals surface area contributed by atoms with E-state index < -0.39 is 0 Å². The Hall–Kier alpha value is -3.84. The van der Waals surface area contributed by atoms with Crippen LogP contribution in [-0.2, 0) is 0 Å². The summed E-state index contributed by atoms with van der Waals surface area (Å²) in [4.78, 5) is 16.9. The van der Waals surface area contributed by atoms with Crippen molar-refractivity contribution in [3.05, 3.63) is 78.2 Å². The van der Waals surface area contributed by atoms with Gasteiger partial charge in [0.25, 0.3) is 0 Å². The summed E-state index contributed by atoms with van der Waals surface area (Å²) in [6.45, 7) is 0. The number of hydrogen-bond acceptors (Lipinski definition) is 5. The molecule has 0 saturated carbocycles. The number of carbonyl (C=O) groups is 1. The first kappa shape index (κ1) is 20.4. The van der Waals surface area contributed by atoms with Crippen molar-refractivity contribution in [3.8, 4) is 33.9 Å². The van der Waals surface area contributed by atoms with Crippen molar-refractivity contribution in [1.82, 2.24) is 4.98 Å². The molecule has 156 valence electrons. The van der Waals surface area contributed by atoms with Gasteiger partial charge in [0, 0.05) is 22.7 Å². The van der Waals surface area contributed by atoms with Crippen LogP contribution in [0.2, 0.25) is 0 Å². The molecule has 31 heavy (non-hydrogen) atoms. The molecule has 1 aromatic heterocycles. The Labute approximate surface area is 184 Å². The highest BCUT2D eigenvalue weighted by molar-refractivity contribution is 7.14. The van der Waals surface area contributed by atoms with Crippen LogP contribution in [0, 0.1) is 0 Å². The van der Waals surface area contributed by atoms with Crippen LogP contribution >= 0.6 is 11.3 Å². The normalized spacial score (nSPS) is 10.4. The van der Waals surface area contributed by atoms with Crippen LogP contribution in [0.5, 0.6) is 11.5 Å². The topological polar surface area (TPSA) is 72.5 Å². The lowest BCUT2D eigenvalue weighted by atomic mass is 10.0. The van der Waals surface area contributed by atoms with Gasteiger partial charge >= 0.3 is 6.03 Å². The summed E-state index contributed by atoms with van der Waals surface area (Å²) in [5.41, 5.74) is 4.70. The third-order valence-electron chi connectivity index (χ3n) is 4.65. The van der Waals surface area contributed by atoms with Crippen LogP contribution in [0.4, 0.5) is 15.6 Å². The van der Waals surface area contributed by atoms with Gasteiger partial charge < -0.3 is 14.8 Å². The summed E-state index contributed by atoms with van der Waals surface area (Å²) in [5.74, 6) is 1.13. The SMILES string of the molecule is COc1ccc(NC(=O)Nc2nc(-c3ccc(-c4ccccc4)cc3)cs2)cc1OC. The minimum absolute atomic E-state index is 0.382. The number of thiazole rings is 1. The van der Waals surface area contributed by atoms with Gasteiger partial charge in [0.15, 0.2) is 16.6 Å². The van der Waals surface area contributed by atoms with E-state index in [9.17, 15) is 4.79 Å². The zero-order valence-corrected chi connectivity index (χ0v) is 17.9. The Balaban J connectivity index is 1.41. The fourth-order valence-electron chi connectivity index (χ4n) is 3.10. The molecule has 0 bridgehead atoms. The molecule has 0 fully saturated rings. The molecule has 0 aliphatic carbocycles. The molecule has 4 aromatic rings. The van der Waals surface area contributed by atoms with Crippen molar-refractivity contribution in [2.75, 3.05) is 24.9 Å². The first-order chi connectivity index (χ1) is 15.2. The fraction of sp³-hybridized carbons (Fsp3) is 0.0833. The molecular formula is C24H21N3O3S. The van der Waals surface area contributed by atoms with Gasteiger partial charge in [-0.15, -0.1) is 11.3 Å². The maximum atomic E-state index is 12.4. The van der Waals surface area contributed by atoms with E-state index in [0.717, 1.165) is 16.8 Å². The Kier molecular flexibility index (Phi) is 6.14. The number of nitrogens with one attached hydrogen (secondary N) is 2. The summed E-state index contributed by atoms with van der Waals surface area (Å²) in [6, 6.07) is 23.2. The van der Waals surface area contributed by atoms with E-state index in [-0.39, 0.29) is 6.03 Å². The molecule has 0 saturated heterocycles. The number of methoxy groups -OCH3 is 2. The second-order valence-corrected chi connectivity index (χ2v) is 7.49. The summed E-state index contributed by atoms with van der Waals surface area (Å²) in [5, 5.41) is 7.98. The molecule has 0 unspecified atom stereocenters. The standard InChI is InChI=1S/C24H21N3O3S/c1-29-21-13-12-19(14-22(21)30-2)25-23(28)27-24-26-20(15-31-24)18-10-8-17(9-11-18)16-6-4-3-5-7-16/h3-15H,1-2H3,(H2,25,26,27,28). The van der Waals surface area contributed by atoms with Crippen LogP contribution in [0.1, 0.15) is 0 Å². The van der Waals surface area contributed by atoms with Gasteiger partial charge in [0.1, 0.15) is 0 Å². The number of anilines is 2. The Morgan fingerprint density at radius 1 is 0.806 bits per heavy atom. The van der Waals surface area contributed by atoms with Crippen molar-refractivity contribution < 1.29 is 14.3 Å². The van der Waals surface area contributed by atoms with E-state index in [1.807, 2.05) is 35.7 Å². The molecule has 0 radical (unpaired) electrons. The highest BCUT2D eigenvalue weighted by Crippen LogP contribution is 2.30. The van der Waals surface area contributed by atoms with Gasteiger partial charge in [-0.3, -0.25) is 5.32 Å². The van der Waals surface area contributed by atoms with Crippen LogP contribution in [0.25, 0.3) is 22.4 Å². The van der Waals surface area contributed by atoms with E-state index in [1.165, 1.54) is 16.9 Å². The lowest BCUT2D eigenvalue weighted by Gasteiger charge is -2.10. The van der Waals surface area contributed by atoms with Crippen molar-refractivity contribution in [2.24, 2.45) is 0 Å². The number of nitrogens with zero attached hydrogens (tertiary/aromatic N) is 1. The largest absolute Gasteiger partial charge is 0.493 e. The van der Waals surface area contributed by atoms with E-state index in [0.29, 0.717) is 22.3 Å². The van der Waals surface area contributed by atoms with Gasteiger partial charge in [-0.1, -0.05) is 54.6 Å². The molecule has 2 amide bonds. The molecule has 0 atom stereocenters. The third kappa shape index (κ3) is 4.84. The molecule has 0 aliphatic heterocycles. The van der Waals surface area contributed by atoms with Gasteiger partial charge in [0.05, 0.1) is 19.9 Å². The average Bonchev–Trinajstić information content (AvgIpc) is 3.28. The smallest absolute Gasteiger partial charge is 0.325 e. The molecule has 4 rings (SSSR count). The zero-order valence-electron chi connectivity index (χ0n) is 17.1. The minimum atomic E-state index is -0.382. The molecule has 7 heteroatoms. The van der Waals surface area contributed by atoms with Crippen LogP contribution in [-0.4, -0.2) is 25.2 Å².